The third-order valence-corrected chi connectivity index (χ3v) is 0.756. The summed E-state index contributed by atoms with van der Waals surface area (Å²) in [6, 6.07) is -5.21. The van der Waals surface area contributed by atoms with E-state index in [0.29, 0.717) is 0 Å². The van der Waals surface area contributed by atoms with Crippen LogP contribution in [-0.4, -0.2) is 34.2 Å². The van der Waals surface area contributed by atoms with Crippen molar-refractivity contribution in [1.29, 1.82) is 0 Å². The Morgan fingerprint density at radius 3 is 2.38 bits per heavy atom. The van der Waals surface area contributed by atoms with Crippen LogP contribution in [0.25, 0.3) is 0 Å². The van der Waals surface area contributed by atoms with E-state index >= 15 is 0 Å². The van der Waals surface area contributed by atoms with Crippen molar-refractivity contribution >= 4 is 18.0 Å². The molecule has 0 fully saturated rings. The lowest BCUT2D eigenvalue weighted by molar-refractivity contribution is -0.140. The third-order valence-electron chi connectivity index (χ3n) is 0.756. The minimum Gasteiger partial charge on any atom is -0.481 e. The number of nitrogens with one attached hydrogen (secondary N) is 1. The number of urea groups is 1. The van der Waals surface area contributed by atoms with E-state index in [-0.39, 0.29) is 0 Å². The number of carbonyl (C=O) groups is 3. The summed E-state index contributed by atoms with van der Waals surface area (Å²) in [4.78, 5) is 32.0. The van der Waals surface area contributed by atoms with E-state index in [9.17, 15) is 14.4 Å². The third kappa shape index (κ3) is 5.48. The maximum absolute atomic E-state index is 10.8. The van der Waals surface area contributed by atoms with Crippen LogP contribution in [0, 0.1) is 0 Å². The molecule has 0 aliphatic rings. The van der Waals surface area contributed by atoms with E-state index < -0.39 is 36.7 Å². The number of hydrogen-bond donors (Lipinski definition) is 4. The van der Waals surface area contributed by atoms with Gasteiger partial charge in [-0.25, -0.2) is 9.59 Å². The molecule has 0 rings (SSSR count). The van der Waals surface area contributed by atoms with Gasteiger partial charge in [-0.05, 0) is 6.37 Å². The van der Waals surface area contributed by atoms with Gasteiger partial charge in [0, 0.05) is 11.9 Å². The highest BCUT2D eigenvalue weighted by Gasteiger charge is 2.19. The molecule has 2 amide bonds. The highest BCUT2D eigenvalue weighted by atomic mass is 16.4. The van der Waals surface area contributed by atoms with Crippen LogP contribution in [-0.2, 0) is 9.59 Å². The van der Waals surface area contributed by atoms with E-state index in [2.05, 4.69) is 5.73 Å². The lowest BCUT2D eigenvalue weighted by Crippen LogP contribution is -2.43. The van der Waals surface area contributed by atoms with Gasteiger partial charge in [-0.3, -0.25) is 4.79 Å². The monoisotopic (exact) mass is 195 g/mol. The van der Waals surface area contributed by atoms with E-state index in [0.717, 1.165) is 0 Å². The van der Waals surface area contributed by atoms with Gasteiger partial charge < -0.3 is 21.3 Å². The fourth-order valence-corrected chi connectivity index (χ4v) is 0.377. The molecule has 1 atom stereocenters. The van der Waals surface area contributed by atoms with Crippen molar-refractivity contribution in [3.05, 3.63) is 0 Å². The van der Waals surface area contributed by atoms with Crippen molar-refractivity contribution in [1.82, 2.24) is 5.32 Å². The standard InChI is InChI=1S/C6H10N2O5/c7-6(13)8-3(5(11)12)1-2-4(9)10/h3H,1-2H2,(H,9,10)(H,11,12)(H3,7,8,13)/t3-/m1/s1/i1D2,2D2,3D. The molecule has 7 nitrogen and oxygen atoms in total. The molecule has 0 spiro atoms. The molecule has 0 aromatic rings. The molecule has 0 aliphatic heterocycles. The number of carbonyl (C=O) groups excluding carboxylic acids is 1. The van der Waals surface area contributed by atoms with Crippen LogP contribution in [0.1, 0.15) is 19.6 Å². The first kappa shape index (κ1) is 5.05. The predicted octanol–water partition coefficient (Wildman–Crippen LogP) is -1.03. The van der Waals surface area contributed by atoms with E-state index in [1.165, 1.54) is 5.32 Å². The van der Waals surface area contributed by atoms with Crippen LogP contribution in [0.4, 0.5) is 4.79 Å². The van der Waals surface area contributed by atoms with Gasteiger partial charge >= 0.3 is 18.0 Å². The van der Waals surface area contributed by atoms with Crippen LogP contribution < -0.4 is 11.1 Å². The SMILES string of the molecule is [2H]C([2H])(C(=O)O)C([2H])([2H])[C@@]([2H])(NC(N)=O)C(=O)O. The van der Waals surface area contributed by atoms with Gasteiger partial charge in [0.1, 0.15) is 6.02 Å². The van der Waals surface area contributed by atoms with Gasteiger partial charge in [-0.15, -0.1) is 0 Å². The van der Waals surface area contributed by atoms with Crippen molar-refractivity contribution in [2.75, 3.05) is 0 Å². The van der Waals surface area contributed by atoms with Gasteiger partial charge in [0.05, 0.1) is 1.37 Å². The van der Waals surface area contributed by atoms with Crippen molar-refractivity contribution < 1.29 is 31.5 Å². The summed E-state index contributed by atoms with van der Waals surface area (Å²) in [6.07, 6.45) is -7.53. The molecule has 0 bridgehead atoms. The molecular weight excluding hydrogens is 180 g/mol. The molecular formula is C6H10N2O5. The van der Waals surface area contributed by atoms with E-state index in [1.54, 1.807) is 0 Å². The van der Waals surface area contributed by atoms with Crippen molar-refractivity contribution in [3.63, 3.8) is 0 Å². The normalized spacial score (nSPS) is 22.0. The molecule has 0 saturated heterocycles. The van der Waals surface area contributed by atoms with Crippen molar-refractivity contribution in [2.45, 2.75) is 18.8 Å². The minimum atomic E-state index is -3.79. The van der Waals surface area contributed by atoms with E-state index in [4.69, 9.17) is 17.1 Å². The Hall–Kier alpha value is -1.79. The molecule has 74 valence electrons. The second-order valence-corrected chi connectivity index (χ2v) is 1.72. The van der Waals surface area contributed by atoms with Gasteiger partial charge in [-0.2, -0.15) is 0 Å². The molecule has 0 heterocycles. The molecule has 0 radical (unpaired) electrons. The van der Waals surface area contributed by atoms with Crippen molar-refractivity contribution in [2.24, 2.45) is 5.73 Å². The minimum absolute atomic E-state index is 1.18. The average molecular weight is 195 g/mol. The summed E-state index contributed by atoms with van der Waals surface area (Å²) >= 11 is 0. The average Bonchev–Trinajstić information content (AvgIpc) is 2.15. The topological polar surface area (TPSA) is 130 Å². The number of rotatable bonds is 5. The van der Waals surface area contributed by atoms with Crippen LogP contribution >= 0.6 is 0 Å². The van der Waals surface area contributed by atoms with Crippen LogP contribution in [0.2, 0.25) is 0 Å². The van der Waals surface area contributed by atoms with Crippen LogP contribution in [0.15, 0.2) is 0 Å². The molecule has 0 saturated carbocycles. The maximum Gasteiger partial charge on any atom is 0.326 e. The first-order valence-corrected chi connectivity index (χ1v) is 2.85. The molecule has 0 aromatic heterocycles. The lowest BCUT2D eigenvalue weighted by Gasteiger charge is -2.10. The molecule has 0 unspecified atom stereocenters. The van der Waals surface area contributed by atoms with Crippen LogP contribution in [0.3, 0.4) is 0 Å². The smallest absolute Gasteiger partial charge is 0.326 e. The number of hydrogen-bond acceptors (Lipinski definition) is 3. The highest BCUT2D eigenvalue weighted by molar-refractivity contribution is 5.82. The second-order valence-electron chi connectivity index (χ2n) is 1.72. The summed E-state index contributed by atoms with van der Waals surface area (Å²) in [5.41, 5.74) is 4.56. The molecule has 13 heavy (non-hydrogen) atoms. The summed E-state index contributed by atoms with van der Waals surface area (Å²) in [5.74, 6) is -4.62. The molecule has 7 heteroatoms. The molecule has 0 aliphatic carbocycles. The Labute approximate surface area is 80.6 Å². The van der Waals surface area contributed by atoms with E-state index in [1.807, 2.05) is 0 Å². The number of primary amides is 1. The highest BCUT2D eigenvalue weighted by Crippen LogP contribution is 1.97. The van der Waals surface area contributed by atoms with Gasteiger partial charge in [0.2, 0.25) is 0 Å². The summed E-state index contributed by atoms with van der Waals surface area (Å²) in [6.45, 7) is 0. The predicted molar refractivity (Wildman–Crippen MR) is 41.0 cm³/mol. The summed E-state index contributed by atoms with van der Waals surface area (Å²) in [7, 11) is 0. The Morgan fingerprint density at radius 1 is 1.54 bits per heavy atom. The first-order chi connectivity index (χ1) is 7.80. The zero-order chi connectivity index (χ0) is 14.9. The Balaban J connectivity index is 5.84. The molecule has 5 N–H and O–H groups in total. The second kappa shape index (κ2) is 4.96. The van der Waals surface area contributed by atoms with Crippen LogP contribution in [0.5, 0.6) is 0 Å². The number of carboxylic acids is 2. The lowest BCUT2D eigenvalue weighted by atomic mass is 10.1. The maximum atomic E-state index is 10.8. The van der Waals surface area contributed by atoms with Crippen molar-refractivity contribution in [3.8, 4) is 0 Å². The number of carboxylic acid groups (broad SMARTS) is 2. The largest absolute Gasteiger partial charge is 0.481 e. The fourth-order valence-electron chi connectivity index (χ4n) is 0.377. The zero-order valence-electron chi connectivity index (χ0n) is 11.2. The Morgan fingerprint density at radius 2 is 2.08 bits per heavy atom. The number of aliphatic carboxylic acids is 2. The quantitative estimate of drug-likeness (QED) is 0.445. The zero-order valence-corrected chi connectivity index (χ0v) is 6.20. The summed E-state index contributed by atoms with van der Waals surface area (Å²) in [5, 5.41) is 18.4. The Bertz CT molecular complexity index is 400. The first-order valence-electron chi connectivity index (χ1n) is 5.35. The number of amides is 2. The van der Waals surface area contributed by atoms with Gasteiger partial charge in [-0.1, -0.05) is 0 Å². The number of nitrogens with two attached hydrogens (primary N) is 1. The molecule has 0 aromatic carbocycles. The van der Waals surface area contributed by atoms with Gasteiger partial charge in [0.15, 0.2) is 0 Å². The van der Waals surface area contributed by atoms with Gasteiger partial charge in [0.25, 0.3) is 0 Å². The Kier molecular flexibility index (Phi) is 1.93. The fraction of sp³-hybridized carbons (Fsp3) is 0.500. The summed E-state index contributed by atoms with van der Waals surface area (Å²) < 4.78 is 35.7.